The van der Waals surface area contributed by atoms with E-state index in [1.54, 1.807) is 51.7 Å². The van der Waals surface area contributed by atoms with Crippen LogP contribution >= 0.6 is 0 Å². The summed E-state index contributed by atoms with van der Waals surface area (Å²) in [5.41, 5.74) is 4.46. The maximum atomic E-state index is 12.6. The van der Waals surface area contributed by atoms with E-state index in [1.165, 1.54) is 0 Å². The first-order valence-corrected chi connectivity index (χ1v) is 10.3. The van der Waals surface area contributed by atoms with Crippen LogP contribution < -0.4 is 18.9 Å². The minimum Gasteiger partial charge on any atom is -0.496 e. The fourth-order valence-electron chi connectivity index (χ4n) is 3.45. The highest BCUT2D eigenvalue weighted by Gasteiger charge is 2.10. The van der Waals surface area contributed by atoms with Crippen molar-refractivity contribution in [3.05, 3.63) is 88.5 Å². The maximum Gasteiger partial charge on any atom is 0.185 e. The first-order chi connectivity index (χ1) is 15.5. The minimum absolute atomic E-state index is 0.130. The Morgan fingerprint density at radius 3 is 2.12 bits per heavy atom. The Hall–Kier alpha value is -3.73. The van der Waals surface area contributed by atoms with E-state index in [1.807, 2.05) is 50.2 Å². The molecule has 0 aliphatic rings. The summed E-state index contributed by atoms with van der Waals surface area (Å²) in [6.07, 6.45) is 3.32. The Labute approximate surface area is 189 Å². The zero-order valence-corrected chi connectivity index (χ0v) is 19.1. The summed E-state index contributed by atoms with van der Waals surface area (Å²) in [5, 5.41) is 0. The van der Waals surface area contributed by atoms with Gasteiger partial charge in [0, 0.05) is 11.1 Å². The van der Waals surface area contributed by atoms with Crippen molar-refractivity contribution < 1.29 is 23.7 Å². The highest BCUT2D eigenvalue weighted by Crippen LogP contribution is 2.29. The first kappa shape index (κ1) is 22.9. The molecule has 3 rings (SSSR count). The Morgan fingerprint density at radius 1 is 0.812 bits per heavy atom. The molecule has 166 valence electrons. The van der Waals surface area contributed by atoms with Crippen molar-refractivity contribution in [1.82, 2.24) is 0 Å². The van der Waals surface area contributed by atoms with E-state index in [9.17, 15) is 4.79 Å². The van der Waals surface area contributed by atoms with E-state index in [4.69, 9.17) is 18.9 Å². The average molecular weight is 433 g/mol. The van der Waals surface area contributed by atoms with Gasteiger partial charge in [-0.1, -0.05) is 30.3 Å². The molecule has 0 radical (unpaired) electrons. The molecule has 0 fully saturated rings. The van der Waals surface area contributed by atoms with Gasteiger partial charge in [-0.05, 0) is 66.9 Å². The molecule has 0 amide bonds. The largest absolute Gasteiger partial charge is 0.496 e. The average Bonchev–Trinajstić information content (AvgIpc) is 2.81. The third-order valence-electron chi connectivity index (χ3n) is 5.18. The summed E-state index contributed by atoms with van der Waals surface area (Å²) in [5.74, 6) is 2.58. The molecule has 0 saturated carbocycles. The molecule has 5 nitrogen and oxygen atoms in total. The number of hydrogen-bond donors (Lipinski definition) is 0. The van der Waals surface area contributed by atoms with Gasteiger partial charge in [-0.3, -0.25) is 4.79 Å². The molecule has 0 saturated heterocycles. The van der Waals surface area contributed by atoms with Gasteiger partial charge in [0.25, 0.3) is 0 Å². The van der Waals surface area contributed by atoms with E-state index in [0.29, 0.717) is 23.7 Å². The van der Waals surface area contributed by atoms with Gasteiger partial charge in [-0.15, -0.1) is 0 Å². The molecule has 0 spiro atoms. The standard InChI is InChI=1S/C27H28O5/c1-18-7-6-8-19(2)27(18)32-17-22-15-20(10-13-24(22)29-3)9-12-23(28)21-11-14-25(30-4)26(16-21)31-5/h6-16H,17H2,1-5H3/b12-9+. The summed E-state index contributed by atoms with van der Waals surface area (Å²) in [4.78, 5) is 12.6. The molecular weight excluding hydrogens is 404 g/mol. The van der Waals surface area contributed by atoms with Crippen LogP contribution in [0.1, 0.15) is 32.6 Å². The van der Waals surface area contributed by atoms with E-state index in [2.05, 4.69) is 0 Å². The molecule has 0 unspecified atom stereocenters. The zero-order chi connectivity index (χ0) is 23.1. The molecule has 0 aliphatic heterocycles. The normalized spacial score (nSPS) is 10.8. The van der Waals surface area contributed by atoms with Crippen molar-refractivity contribution in [2.24, 2.45) is 0 Å². The van der Waals surface area contributed by atoms with Gasteiger partial charge < -0.3 is 18.9 Å². The predicted molar refractivity (Wildman–Crippen MR) is 126 cm³/mol. The molecule has 0 aromatic heterocycles. The number of carbonyl (C=O) groups is 1. The smallest absolute Gasteiger partial charge is 0.185 e. The van der Waals surface area contributed by atoms with Crippen molar-refractivity contribution in [2.75, 3.05) is 21.3 Å². The van der Waals surface area contributed by atoms with Crippen LogP contribution in [0, 0.1) is 13.8 Å². The summed E-state index contributed by atoms with van der Waals surface area (Å²) < 4.78 is 22.1. The Kier molecular flexibility index (Phi) is 7.55. The number of aryl methyl sites for hydroxylation is 2. The van der Waals surface area contributed by atoms with Crippen LogP contribution in [-0.2, 0) is 6.61 Å². The van der Waals surface area contributed by atoms with Crippen LogP contribution in [0.2, 0.25) is 0 Å². The van der Waals surface area contributed by atoms with Crippen molar-refractivity contribution in [2.45, 2.75) is 20.5 Å². The van der Waals surface area contributed by atoms with Crippen LogP contribution in [-0.4, -0.2) is 27.1 Å². The zero-order valence-electron chi connectivity index (χ0n) is 19.1. The second kappa shape index (κ2) is 10.5. The van der Waals surface area contributed by atoms with Crippen molar-refractivity contribution in [1.29, 1.82) is 0 Å². The number of rotatable bonds is 9. The van der Waals surface area contributed by atoms with Crippen LogP contribution in [0.4, 0.5) is 0 Å². The number of ether oxygens (including phenoxy) is 4. The lowest BCUT2D eigenvalue weighted by Gasteiger charge is -2.14. The lowest BCUT2D eigenvalue weighted by Crippen LogP contribution is -2.01. The van der Waals surface area contributed by atoms with Crippen LogP contribution in [0.25, 0.3) is 6.08 Å². The lowest BCUT2D eigenvalue weighted by molar-refractivity contribution is 0.104. The second-order valence-corrected chi connectivity index (χ2v) is 7.35. The number of carbonyl (C=O) groups excluding carboxylic acids is 1. The summed E-state index contributed by atoms with van der Waals surface area (Å²) >= 11 is 0. The highest BCUT2D eigenvalue weighted by molar-refractivity contribution is 6.07. The molecule has 5 heteroatoms. The Bertz CT molecular complexity index is 1110. The predicted octanol–water partition coefficient (Wildman–Crippen LogP) is 5.80. The van der Waals surface area contributed by atoms with Gasteiger partial charge in [0.2, 0.25) is 0 Å². The molecular formula is C27H28O5. The fraction of sp³-hybridized carbons (Fsp3) is 0.222. The summed E-state index contributed by atoms with van der Waals surface area (Å²) in [6.45, 7) is 4.41. The van der Waals surface area contributed by atoms with Crippen molar-refractivity contribution in [3.8, 4) is 23.0 Å². The number of allylic oxidation sites excluding steroid dienone is 1. The minimum atomic E-state index is -0.130. The van der Waals surface area contributed by atoms with Gasteiger partial charge in [-0.25, -0.2) is 0 Å². The second-order valence-electron chi connectivity index (χ2n) is 7.35. The Balaban J connectivity index is 1.79. The number of benzene rings is 3. The first-order valence-electron chi connectivity index (χ1n) is 10.3. The third-order valence-corrected chi connectivity index (χ3v) is 5.18. The van der Waals surface area contributed by atoms with E-state index in [-0.39, 0.29) is 5.78 Å². The van der Waals surface area contributed by atoms with Gasteiger partial charge in [0.15, 0.2) is 17.3 Å². The van der Waals surface area contributed by atoms with Crippen LogP contribution in [0.15, 0.2) is 60.7 Å². The Morgan fingerprint density at radius 2 is 1.47 bits per heavy atom. The number of ketones is 1. The van der Waals surface area contributed by atoms with Crippen molar-refractivity contribution >= 4 is 11.9 Å². The molecule has 3 aromatic carbocycles. The van der Waals surface area contributed by atoms with E-state index >= 15 is 0 Å². The van der Waals surface area contributed by atoms with Gasteiger partial charge in [-0.2, -0.15) is 0 Å². The molecule has 0 atom stereocenters. The van der Waals surface area contributed by atoms with Gasteiger partial charge in [0.05, 0.1) is 21.3 Å². The maximum absolute atomic E-state index is 12.6. The van der Waals surface area contributed by atoms with Gasteiger partial charge >= 0.3 is 0 Å². The summed E-state index contributed by atoms with van der Waals surface area (Å²) in [7, 11) is 4.74. The van der Waals surface area contributed by atoms with Crippen LogP contribution in [0.5, 0.6) is 23.0 Å². The molecule has 0 aliphatic carbocycles. The monoisotopic (exact) mass is 432 g/mol. The topological polar surface area (TPSA) is 54.0 Å². The molecule has 0 N–H and O–H groups in total. The quantitative estimate of drug-likeness (QED) is 0.316. The molecule has 3 aromatic rings. The molecule has 0 heterocycles. The van der Waals surface area contributed by atoms with Gasteiger partial charge in [0.1, 0.15) is 18.1 Å². The number of para-hydroxylation sites is 1. The SMILES string of the molecule is COc1ccc(/C=C/C(=O)c2ccc(OC)c(OC)c2)cc1COc1c(C)cccc1C. The molecule has 32 heavy (non-hydrogen) atoms. The number of hydrogen-bond acceptors (Lipinski definition) is 5. The fourth-order valence-corrected chi connectivity index (χ4v) is 3.45. The van der Waals surface area contributed by atoms with E-state index in [0.717, 1.165) is 33.8 Å². The van der Waals surface area contributed by atoms with Crippen LogP contribution in [0.3, 0.4) is 0 Å². The lowest BCUT2D eigenvalue weighted by atomic mass is 10.1. The third kappa shape index (κ3) is 5.30. The summed E-state index contributed by atoms with van der Waals surface area (Å²) in [6, 6.07) is 16.9. The number of methoxy groups -OCH3 is 3. The highest BCUT2D eigenvalue weighted by atomic mass is 16.5. The van der Waals surface area contributed by atoms with Crippen molar-refractivity contribution in [3.63, 3.8) is 0 Å². The molecule has 0 bridgehead atoms. The van der Waals surface area contributed by atoms with E-state index < -0.39 is 0 Å².